The lowest BCUT2D eigenvalue weighted by molar-refractivity contribution is 0.0439. The second kappa shape index (κ2) is 7.13. The molecule has 0 aromatic carbocycles. The summed E-state index contributed by atoms with van der Waals surface area (Å²) in [6, 6.07) is 1.27. The number of nitrogens with zero attached hydrogens (tertiary/aromatic N) is 1. The average Bonchev–Trinajstić information content (AvgIpc) is 2.34. The number of rotatable bonds is 5. The highest BCUT2D eigenvalue weighted by molar-refractivity contribution is 6.17. The van der Waals surface area contributed by atoms with E-state index in [1.807, 2.05) is 0 Å². The molecule has 1 aromatic heterocycles. The Morgan fingerprint density at radius 2 is 2.00 bits per heavy atom. The Kier molecular flexibility index (Phi) is 6.00. The summed E-state index contributed by atoms with van der Waals surface area (Å²) in [5.74, 6) is -0.148. The summed E-state index contributed by atoms with van der Waals surface area (Å²) in [7, 11) is 0. The minimum Gasteiger partial charge on any atom is -0.475 e. The Balaban J connectivity index is 2.64. The first kappa shape index (κ1) is 18.5. The Bertz CT molecular complexity index is 530. The van der Waals surface area contributed by atoms with Crippen molar-refractivity contribution in [1.82, 2.24) is 10.3 Å². The van der Waals surface area contributed by atoms with Crippen LogP contribution in [0.2, 0.25) is 0 Å². The molecule has 7 heteroatoms. The number of pyridine rings is 1. The largest absolute Gasteiger partial charge is 0.475 e. The summed E-state index contributed by atoms with van der Waals surface area (Å²) >= 11 is 5.73. The van der Waals surface area contributed by atoms with Gasteiger partial charge in [0.05, 0.1) is 17.6 Å². The third-order valence-corrected chi connectivity index (χ3v) is 2.73. The molecule has 0 fully saturated rings. The minimum atomic E-state index is -0.692. The molecule has 1 aromatic rings. The molecule has 0 bridgehead atoms. The van der Waals surface area contributed by atoms with Crippen molar-refractivity contribution in [3.63, 3.8) is 0 Å². The van der Waals surface area contributed by atoms with E-state index in [4.69, 9.17) is 21.1 Å². The fourth-order valence-corrected chi connectivity index (χ4v) is 1.75. The van der Waals surface area contributed by atoms with Crippen LogP contribution < -0.4 is 10.1 Å². The van der Waals surface area contributed by atoms with Gasteiger partial charge in [-0.3, -0.25) is 0 Å². The number of alkyl halides is 1. The van der Waals surface area contributed by atoms with Crippen LogP contribution in [-0.4, -0.2) is 28.8 Å². The number of nitrogens with one attached hydrogen (secondary N) is 1. The zero-order valence-electron chi connectivity index (χ0n) is 13.5. The van der Waals surface area contributed by atoms with Crippen molar-refractivity contribution in [2.24, 2.45) is 0 Å². The smallest absolute Gasteiger partial charge is 0.408 e. The normalized spacial score (nSPS) is 12.0. The van der Waals surface area contributed by atoms with Gasteiger partial charge < -0.3 is 14.8 Å². The van der Waals surface area contributed by atoms with Gasteiger partial charge in [-0.25, -0.2) is 14.2 Å². The topological polar surface area (TPSA) is 60.5 Å². The maximum absolute atomic E-state index is 13.1. The van der Waals surface area contributed by atoms with Gasteiger partial charge in [-0.05, 0) is 40.7 Å². The highest BCUT2D eigenvalue weighted by atomic mass is 35.5. The minimum absolute atomic E-state index is 0.0833. The van der Waals surface area contributed by atoms with E-state index in [1.54, 1.807) is 34.6 Å². The molecule has 0 saturated heterocycles. The Labute approximate surface area is 135 Å². The first-order valence-corrected chi connectivity index (χ1v) is 7.40. The molecule has 0 saturated carbocycles. The molecular formula is C15H22ClFN2O3. The third-order valence-electron chi connectivity index (χ3n) is 2.44. The standard InChI is InChI=1S/C15H22ClFN2O3/c1-14(2,3)22-13(20)19-15(4,5)9-21-12-10(7-16)6-11(17)8-18-12/h6,8H,7,9H2,1-5H3,(H,19,20). The van der Waals surface area contributed by atoms with E-state index in [2.05, 4.69) is 10.3 Å². The molecule has 0 unspecified atom stereocenters. The zero-order chi connectivity index (χ0) is 17.0. The molecule has 0 aliphatic rings. The number of aromatic nitrogens is 1. The summed E-state index contributed by atoms with van der Waals surface area (Å²) in [6.07, 6.45) is 0.519. The number of amides is 1. The molecule has 1 N–H and O–H groups in total. The fourth-order valence-electron chi connectivity index (χ4n) is 1.56. The first-order valence-electron chi connectivity index (χ1n) is 6.87. The lowest BCUT2D eigenvalue weighted by Gasteiger charge is -2.28. The summed E-state index contributed by atoms with van der Waals surface area (Å²) in [4.78, 5) is 15.6. The average molecular weight is 333 g/mol. The lowest BCUT2D eigenvalue weighted by Crippen LogP contribution is -2.49. The van der Waals surface area contributed by atoms with E-state index in [1.165, 1.54) is 6.07 Å². The second-order valence-electron chi connectivity index (χ2n) is 6.55. The first-order chi connectivity index (χ1) is 10.0. The van der Waals surface area contributed by atoms with Gasteiger partial charge in [0.2, 0.25) is 5.88 Å². The molecule has 1 heterocycles. The number of carbonyl (C=O) groups excluding carboxylic acids is 1. The van der Waals surface area contributed by atoms with Crippen LogP contribution in [0.25, 0.3) is 0 Å². The van der Waals surface area contributed by atoms with E-state index in [0.717, 1.165) is 6.20 Å². The van der Waals surface area contributed by atoms with Crippen LogP contribution in [-0.2, 0) is 10.6 Å². The number of halogens is 2. The van der Waals surface area contributed by atoms with Crippen molar-refractivity contribution in [2.45, 2.75) is 51.6 Å². The van der Waals surface area contributed by atoms with Gasteiger partial charge in [0, 0.05) is 5.56 Å². The SMILES string of the molecule is CC(C)(COc1ncc(F)cc1CCl)NC(=O)OC(C)(C)C. The quantitative estimate of drug-likeness (QED) is 0.836. The van der Waals surface area contributed by atoms with Crippen LogP contribution in [0, 0.1) is 5.82 Å². The Hall–Kier alpha value is -1.56. The number of hydrogen-bond acceptors (Lipinski definition) is 4. The molecule has 22 heavy (non-hydrogen) atoms. The van der Waals surface area contributed by atoms with Crippen molar-refractivity contribution >= 4 is 17.7 Å². The van der Waals surface area contributed by atoms with E-state index in [-0.39, 0.29) is 18.4 Å². The van der Waals surface area contributed by atoms with Crippen LogP contribution in [0.15, 0.2) is 12.3 Å². The van der Waals surface area contributed by atoms with Gasteiger partial charge in [0.25, 0.3) is 0 Å². The molecular weight excluding hydrogens is 311 g/mol. The van der Waals surface area contributed by atoms with Gasteiger partial charge in [-0.1, -0.05) is 0 Å². The molecule has 5 nitrogen and oxygen atoms in total. The fraction of sp³-hybridized carbons (Fsp3) is 0.600. The highest BCUT2D eigenvalue weighted by Crippen LogP contribution is 2.19. The van der Waals surface area contributed by atoms with Crippen LogP contribution in [0.3, 0.4) is 0 Å². The van der Waals surface area contributed by atoms with Crippen LogP contribution >= 0.6 is 11.6 Å². The maximum Gasteiger partial charge on any atom is 0.408 e. The molecule has 1 rings (SSSR count). The molecule has 0 radical (unpaired) electrons. The number of carbonyl (C=O) groups is 1. The summed E-state index contributed by atoms with van der Waals surface area (Å²) in [5, 5.41) is 2.71. The van der Waals surface area contributed by atoms with Crippen LogP contribution in [0.5, 0.6) is 5.88 Å². The predicted octanol–water partition coefficient (Wildman–Crippen LogP) is 3.64. The van der Waals surface area contributed by atoms with Gasteiger partial charge in [0.1, 0.15) is 18.0 Å². The zero-order valence-corrected chi connectivity index (χ0v) is 14.3. The summed E-state index contributed by atoms with van der Waals surface area (Å²) in [5.41, 5.74) is -0.817. The van der Waals surface area contributed by atoms with Crippen LogP contribution in [0.1, 0.15) is 40.2 Å². The van der Waals surface area contributed by atoms with Crippen molar-refractivity contribution < 1.29 is 18.7 Å². The Morgan fingerprint density at radius 3 is 2.55 bits per heavy atom. The van der Waals surface area contributed by atoms with Gasteiger partial charge in [-0.2, -0.15) is 0 Å². The molecule has 0 spiro atoms. The number of hydrogen-bond donors (Lipinski definition) is 1. The molecule has 0 aliphatic heterocycles. The van der Waals surface area contributed by atoms with Crippen LogP contribution in [0.4, 0.5) is 9.18 Å². The van der Waals surface area contributed by atoms with E-state index in [0.29, 0.717) is 5.56 Å². The van der Waals surface area contributed by atoms with Crippen molar-refractivity contribution in [2.75, 3.05) is 6.61 Å². The lowest BCUT2D eigenvalue weighted by atomic mass is 10.1. The van der Waals surface area contributed by atoms with Gasteiger partial charge >= 0.3 is 6.09 Å². The number of ether oxygens (including phenoxy) is 2. The van der Waals surface area contributed by atoms with Gasteiger partial charge in [-0.15, -0.1) is 11.6 Å². The molecule has 0 atom stereocenters. The monoisotopic (exact) mass is 332 g/mol. The third kappa shape index (κ3) is 6.47. The summed E-state index contributed by atoms with van der Waals surface area (Å²) in [6.45, 7) is 9.04. The van der Waals surface area contributed by atoms with E-state index < -0.39 is 23.1 Å². The van der Waals surface area contributed by atoms with Gasteiger partial charge in [0.15, 0.2) is 0 Å². The van der Waals surface area contributed by atoms with Crippen molar-refractivity contribution in [3.8, 4) is 5.88 Å². The second-order valence-corrected chi connectivity index (χ2v) is 6.82. The Morgan fingerprint density at radius 1 is 1.36 bits per heavy atom. The summed E-state index contributed by atoms with van der Waals surface area (Å²) < 4.78 is 23.8. The molecule has 1 amide bonds. The van der Waals surface area contributed by atoms with Crippen molar-refractivity contribution in [3.05, 3.63) is 23.6 Å². The molecule has 124 valence electrons. The number of alkyl carbamates (subject to hydrolysis) is 1. The predicted molar refractivity (Wildman–Crippen MR) is 82.7 cm³/mol. The van der Waals surface area contributed by atoms with Crippen molar-refractivity contribution in [1.29, 1.82) is 0 Å². The maximum atomic E-state index is 13.1. The highest BCUT2D eigenvalue weighted by Gasteiger charge is 2.25. The molecule has 0 aliphatic carbocycles. The van der Waals surface area contributed by atoms with E-state index in [9.17, 15) is 9.18 Å². The van der Waals surface area contributed by atoms with E-state index >= 15 is 0 Å².